The van der Waals surface area contributed by atoms with Gasteiger partial charge in [-0.15, -0.1) is 0 Å². The van der Waals surface area contributed by atoms with Crippen molar-refractivity contribution in [2.75, 3.05) is 47.0 Å². The third-order valence-electron chi connectivity index (χ3n) is 5.24. The largest absolute Gasteiger partial charge is 0.444 e. The molecule has 26 heavy (non-hydrogen) atoms. The number of piperazine rings is 1. The van der Waals surface area contributed by atoms with Crippen LogP contribution in [-0.2, 0) is 9.47 Å². The Balaban J connectivity index is 1.69. The van der Waals surface area contributed by atoms with Crippen molar-refractivity contribution < 1.29 is 14.3 Å². The molecule has 1 fully saturated rings. The highest BCUT2D eigenvalue weighted by atomic mass is 16.6. The van der Waals surface area contributed by atoms with Crippen LogP contribution in [0.2, 0.25) is 0 Å². The summed E-state index contributed by atoms with van der Waals surface area (Å²) in [4.78, 5) is 23.4. The molecule has 0 bridgehead atoms. The van der Waals surface area contributed by atoms with E-state index in [1.807, 2.05) is 20.8 Å². The van der Waals surface area contributed by atoms with Gasteiger partial charge in [0.2, 0.25) is 0 Å². The lowest BCUT2D eigenvalue weighted by Gasteiger charge is -2.40. The minimum atomic E-state index is -0.458. The lowest BCUT2D eigenvalue weighted by molar-refractivity contribution is 0.0186. The quantitative estimate of drug-likeness (QED) is 0.714. The number of hydrogen-bond donors (Lipinski definition) is 0. The van der Waals surface area contributed by atoms with Crippen LogP contribution in [0.5, 0.6) is 0 Å². The number of hydrogen-bond acceptors (Lipinski definition) is 6. The predicted octanol–water partition coefficient (Wildman–Crippen LogP) is 2.15. The van der Waals surface area contributed by atoms with Gasteiger partial charge in [0.1, 0.15) is 18.1 Å². The molecule has 0 aromatic rings. The summed E-state index contributed by atoms with van der Waals surface area (Å²) in [6.07, 6.45) is 0.928. The lowest BCUT2D eigenvalue weighted by Crippen LogP contribution is -2.53. The highest BCUT2D eigenvalue weighted by molar-refractivity contribution is 6.00. The fourth-order valence-corrected chi connectivity index (χ4v) is 4.00. The van der Waals surface area contributed by atoms with Crippen molar-refractivity contribution in [1.82, 2.24) is 14.7 Å². The summed E-state index contributed by atoms with van der Waals surface area (Å²) in [6, 6.07) is 0. The molecule has 7 nitrogen and oxygen atoms in total. The monoisotopic (exact) mass is 364 g/mol. The first-order valence-electron chi connectivity index (χ1n) is 9.47. The molecule has 146 valence electrons. The third-order valence-corrected chi connectivity index (χ3v) is 5.24. The van der Waals surface area contributed by atoms with E-state index in [1.165, 1.54) is 11.3 Å². The van der Waals surface area contributed by atoms with Gasteiger partial charge >= 0.3 is 6.09 Å². The fraction of sp³-hybridized carbons (Fsp3) is 0.789. The van der Waals surface area contributed by atoms with E-state index in [1.54, 1.807) is 12.0 Å². The summed E-state index contributed by atoms with van der Waals surface area (Å²) in [6.45, 7) is 11.5. The Morgan fingerprint density at radius 1 is 1.19 bits per heavy atom. The Morgan fingerprint density at radius 2 is 1.85 bits per heavy atom. The van der Waals surface area contributed by atoms with E-state index in [9.17, 15) is 4.79 Å². The number of aliphatic imine (C=N–C) groups is 1. The summed E-state index contributed by atoms with van der Waals surface area (Å²) < 4.78 is 11.2. The van der Waals surface area contributed by atoms with Crippen molar-refractivity contribution in [2.24, 2.45) is 10.9 Å². The van der Waals surface area contributed by atoms with E-state index in [0.29, 0.717) is 25.7 Å². The van der Waals surface area contributed by atoms with E-state index in [2.05, 4.69) is 23.8 Å². The number of carbonyl (C=O) groups excluding carboxylic acids is 1. The second kappa shape index (κ2) is 7.10. The molecule has 2 atom stereocenters. The first-order chi connectivity index (χ1) is 12.2. The van der Waals surface area contributed by atoms with Gasteiger partial charge in [0.05, 0.1) is 11.8 Å². The molecule has 0 spiro atoms. The van der Waals surface area contributed by atoms with E-state index in [-0.39, 0.29) is 12.2 Å². The van der Waals surface area contributed by atoms with Gasteiger partial charge in [-0.1, -0.05) is 6.92 Å². The molecule has 3 aliphatic rings. The maximum Gasteiger partial charge on any atom is 0.410 e. The van der Waals surface area contributed by atoms with Crippen LogP contribution >= 0.6 is 0 Å². The van der Waals surface area contributed by atoms with Crippen molar-refractivity contribution in [3.63, 3.8) is 0 Å². The number of methoxy groups -OCH3 is 1. The van der Waals surface area contributed by atoms with Crippen LogP contribution in [0.25, 0.3) is 0 Å². The summed E-state index contributed by atoms with van der Waals surface area (Å²) >= 11 is 0. The van der Waals surface area contributed by atoms with Crippen LogP contribution in [0.15, 0.2) is 16.3 Å². The molecule has 0 radical (unpaired) electrons. The number of nitrogens with zero attached hydrogens (tertiary/aromatic N) is 4. The first-order valence-corrected chi connectivity index (χ1v) is 9.47. The van der Waals surface area contributed by atoms with Gasteiger partial charge < -0.3 is 24.2 Å². The van der Waals surface area contributed by atoms with E-state index in [0.717, 1.165) is 25.3 Å². The van der Waals surface area contributed by atoms with Crippen LogP contribution in [0.4, 0.5) is 4.79 Å². The van der Waals surface area contributed by atoms with Gasteiger partial charge in [-0.3, -0.25) is 0 Å². The van der Waals surface area contributed by atoms with Crippen LogP contribution in [0.3, 0.4) is 0 Å². The highest BCUT2D eigenvalue weighted by Crippen LogP contribution is 2.38. The molecule has 1 unspecified atom stereocenters. The Morgan fingerprint density at radius 3 is 2.42 bits per heavy atom. The summed E-state index contributed by atoms with van der Waals surface area (Å²) in [5.74, 6) is 1.52. The molecule has 7 heteroatoms. The van der Waals surface area contributed by atoms with Gasteiger partial charge in [-0.25, -0.2) is 9.79 Å². The second-order valence-corrected chi connectivity index (χ2v) is 8.44. The molecular formula is C19H32N4O3. The number of amides is 1. The number of carbonyl (C=O) groups is 1. The maximum atomic E-state index is 12.3. The van der Waals surface area contributed by atoms with Crippen LogP contribution in [0.1, 0.15) is 34.1 Å². The normalized spacial score (nSPS) is 26.8. The van der Waals surface area contributed by atoms with Gasteiger partial charge in [0, 0.05) is 45.9 Å². The number of amidine groups is 1. The molecule has 2 heterocycles. The topological polar surface area (TPSA) is 57.6 Å². The SMILES string of the molecule is COC1C[C@@H](C)C2=C1N(C)CN=C2N1CCN(C(=O)OC(C)(C)C)CC1. The van der Waals surface area contributed by atoms with Crippen LogP contribution in [0, 0.1) is 5.92 Å². The highest BCUT2D eigenvalue weighted by Gasteiger charge is 2.40. The Labute approximate surface area is 156 Å². The molecule has 0 aromatic heterocycles. The molecule has 1 amide bonds. The van der Waals surface area contributed by atoms with E-state index < -0.39 is 5.60 Å². The molecule has 1 saturated heterocycles. The van der Waals surface area contributed by atoms with Crippen LogP contribution in [-0.4, -0.2) is 85.3 Å². The average Bonchev–Trinajstić information content (AvgIpc) is 2.92. The summed E-state index contributed by atoms with van der Waals surface area (Å²) in [5, 5.41) is 0. The molecular weight excluding hydrogens is 332 g/mol. The molecule has 0 saturated carbocycles. The van der Waals surface area contributed by atoms with Crippen molar-refractivity contribution in [1.29, 1.82) is 0 Å². The zero-order chi connectivity index (χ0) is 19.1. The van der Waals surface area contributed by atoms with Gasteiger partial charge in [-0.2, -0.15) is 0 Å². The second-order valence-electron chi connectivity index (χ2n) is 8.44. The lowest BCUT2D eigenvalue weighted by atomic mass is 10.0. The Bertz CT molecular complexity index is 615. The Hall–Kier alpha value is -1.76. The van der Waals surface area contributed by atoms with Crippen molar-refractivity contribution in [3.05, 3.63) is 11.3 Å². The van der Waals surface area contributed by atoms with E-state index >= 15 is 0 Å². The molecule has 3 rings (SSSR count). The number of ether oxygens (including phenoxy) is 2. The minimum absolute atomic E-state index is 0.151. The van der Waals surface area contributed by atoms with E-state index in [4.69, 9.17) is 14.5 Å². The molecule has 0 N–H and O–H groups in total. The predicted molar refractivity (Wildman–Crippen MR) is 101 cm³/mol. The minimum Gasteiger partial charge on any atom is -0.444 e. The zero-order valence-corrected chi connectivity index (χ0v) is 16.9. The molecule has 1 aliphatic carbocycles. The summed E-state index contributed by atoms with van der Waals surface area (Å²) in [5.41, 5.74) is 2.14. The fourth-order valence-electron chi connectivity index (χ4n) is 4.00. The zero-order valence-electron chi connectivity index (χ0n) is 16.9. The first kappa shape index (κ1) is 19.0. The van der Waals surface area contributed by atoms with Gasteiger partial charge in [0.25, 0.3) is 0 Å². The standard InChI is InChI=1S/C19H32N4O3/c1-13-11-14(25-6)16-15(13)17(20-12-21(16)5)22-7-9-23(10-8-22)18(24)26-19(2,3)4/h13-14H,7-12H2,1-6H3/t13-,14?/m1/s1. The number of rotatable bonds is 1. The van der Waals surface area contributed by atoms with Crippen molar-refractivity contribution in [3.8, 4) is 0 Å². The third kappa shape index (κ3) is 3.68. The molecule has 2 aliphatic heterocycles. The molecule has 0 aromatic carbocycles. The van der Waals surface area contributed by atoms with Crippen molar-refractivity contribution >= 4 is 11.9 Å². The van der Waals surface area contributed by atoms with Gasteiger partial charge in [-0.05, 0) is 33.1 Å². The average molecular weight is 364 g/mol. The summed E-state index contributed by atoms with van der Waals surface area (Å²) in [7, 11) is 3.87. The maximum absolute atomic E-state index is 12.3. The van der Waals surface area contributed by atoms with Crippen LogP contribution < -0.4 is 0 Å². The van der Waals surface area contributed by atoms with Crippen molar-refractivity contribution in [2.45, 2.75) is 45.8 Å². The number of likely N-dealkylation sites (N-methyl/N-ethyl adjacent to an activating group) is 1. The van der Waals surface area contributed by atoms with Gasteiger partial charge in [0.15, 0.2) is 0 Å². The Kier molecular flexibility index (Phi) is 5.19. The smallest absolute Gasteiger partial charge is 0.410 e.